The first kappa shape index (κ1) is 11.5. The number of aromatic nitrogens is 2. The molecular formula is C11H11N3O2S. The third kappa shape index (κ3) is 2.42. The SMILES string of the molecule is CC(=O)c1c[nH]c(C(=O)N=c2sccn2C)c1. The summed E-state index contributed by atoms with van der Waals surface area (Å²) in [5.74, 6) is -0.461. The molecule has 0 radical (unpaired) electrons. The fourth-order valence-corrected chi connectivity index (χ4v) is 2.03. The summed E-state index contributed by atoms with van der Waals surface area (Å²) in [6.45, 7) is 1.45. The smallest absolute Gasteiger partial charge is 0.296 e. The minimum atomic E-state index is -0.379. The molecule has 1 amide bonds. The van der Waals surface area contributed by atoms with E-state index in [1.54, 1.807) is 4.57 Å². The summed E-state index contributed by atoms with van der Waals surface area (Å²) in [6, 6.07) is 1.52. The van der Waals surface area contributed by atoms with Crippen LogP contribution in [0.15, 0.2) is 28.8 Å². The Morgan fingerprint density at radius 2 is 2.24 bits per heavy atom. The van der Waals surface area contributed by atoms with Gasteiger partial charge in [0.15, 0.2) is 10.6 Å². The lowest BCUT2D eigenvalue weighted by Gasteiger charge is -1.90. The Morgan fingerprint density at radius 1 is 1.47 bits per heavy atom. The van der Waals surface area contributed by atoms with Crippen molar-refractivity contribution in [3.05, 3.63) is 39.9 Å². The van der Waals surface area contributed by atoms with Crippen molar-refractivity contribution in [1.82, 2.24) is 9.55 Å². The number of hydrogen-bond acceptors (Lipinski definition) is 3. The molecule has 0 aromatic carbocycles. The van der Waals surface area contributed by atoms with Crippen LogP contribution in [0.2, 0.25) is 0 Å². The zero-order chi connectivity index (χ0) is 12.4. The molecule has 88 valence electrons. The van der Waals surface area contributed by atoms with Crippen molar-refractivity contribution in [2.45, 2.75) is 6.92 Å². The second kappa shape index (κ2) is 4.50. The maximum Gasteiger partial charge on any atom is 0.296 e. The predicted molar refractivity (Wildman–Crippen MR) is 64.0 cm³/mol. The topological polar surface area (TPSA) is 67.2 Å². The molecule has 2 aromatic heterocycles. The van der Waals surface area contributed by atoms with Crippen molar-refractivity contribution in [3.63, 3.8) is 0 Å². The Kier molecular flexibility index (Phi) is 3.06. The number of carbonyl (C=O) groups excluding carboxylic acids is 2. The number of nitrogens with zero attached hydrogens (tertiary/aromatic N) is 2. The molecule has 0 fully saturated rings. The summed E-state index contributed by atoms with van der Waals surface area (Å²) in [6.07, 6.45) is 3.34. The van der Waals surface area contributed by atoms with E-state index in [1.165, 1.54) is 30.5 Å². The van der Waals surface area contributed by atoms with Crippen molar-refractivity contribution in [3.8, 4) is 0 Å². The van der Waals surface area contributed by atoms with Crippen LogP contribution in [0.1, 0.15) is 27.8 Å². The minimum absolute atomic E-state index is 0.0815. The van der Waals surface area contributed by atoms with Crippen LogP contribution in [0.4, 0.5) is 0 Å². The lowest BCUT2D eigenvalue weighted by molar-refractivity contribution is 0.0993. The Labute approximate surface area is 101 Å². The number of thiazole rings is 1. The van der Waals surface area contributed by atoms with Crippen LogP contribution >= 0.6 is 11.3 Å². The van der Waals surface area contributed by atoms with E-state index in [4.69, 9.17) is 0 Å². The third-order valence-electron chi connectivity index (χ3n) is 2.28. The van der Waals surface area contributed by atoms with Crippen LogP contribution in [0.5, 0.6) is 0 Å². The van der Waals surface area contributed by atoms with Gasteiger partial charge in [0.1, 0.15) is 5.69 Å². The van der Waals surface area contributed by atoms with Crippen LogP contribution < -0.4 is 4.80 Å². The van der Waals surface area contributed by atoms with Gasteiger partial charge < -0.3 is 9.55 Å². The Bertz CT molecular complexity index is 633. The lowest BCUT2D eigenvalue weighted by atomic mass is 10.2. The molecule has 0 aliphatic heterocycles. The molecule has 1 N–H and O–H groups in total. The second-order valence-corrected chi connectivity index (χ2v) is 4.44. The van der Waals surface area contributed by atoms with Crippen molar-refractivity contribution in [2.75, 3.05) is 0 Å². The Morgan fingerprint density at radius 3 is 2.76 bits per heavy atom. The van der Waals surface area contributed by atoms with Gasteiger partial charge >= 0.3 is 0 Å². The number of carbonyl (C=O) groups is 2. The van der Waals surface area contributed by atoms with Gasteiger partial charge in [-0.25, -0.2) is 0 Å². The van der Waals surface area contributed by atoms with Gasteiger partial charge in [-0.15, -0.1) is 11.3 Å². The highest BCUT2D eigenvalue weighted by Gasteiger charge is 2.09. The molecule has 0 spiro atoms. The van der Waals surface area contributed by atoms with Gasteiger partial charge in [-0.2, -0.15) is 4.99 Å². The van der Waals surface area contributed by atoms with E-state index >= 15 is 0 Å². The highest BCUT2D eigenvalue weighted by Crippen LogP contribution is 2.05. The molecule has 0 unspecified atom stereocenters. The number of aromatic amines is 1. The molecule has 0 aliphatic rings. The first-order valence-corrected chi connectivity index (χ1v) is 5.84. The summed E-state index contributed by atoms with van der Waals surface area (Å²) < 4.78 is 1.76. The van der Waals surface area contributed by atoms with E-state index in [2.05, 4.69) is 9.98 Å². The molecular weight excluding hydrogens is 238 g/mol. The van der Waals surface area contributed by atoms with Gasteiger partial charge in [0.25, 0.3) is 5.91 Å². The normalized spacial score (nSPS) is 11.8. The van der Waals surface area contributed by atoms with E-state index in [-0.39, 0.29) is 11.7 Å². The molecule has 0 bridgehead atoms. The fourth-order valence-electron chi connectivity index (χ4n) is 1.30. The predicted octanol–water partition coefficient (Wildman–Crippen LogP) is 1.36. The zero-order valence-electron chi connectivity index (χ0n) is 9.43. The Balaban J connectivity index is 2.32. The van der Waals surface area contributed by atoms with Gasteiger partial charge in [0, 0.05) is 30.4 Å². The van der Waals surface area contributed by atoms with Gasteiger partial charge in [0.05, 0.1) is 0 Å². The number of hydrogen-bond donors (Lipinski definition) is 1. The van der Waals surface area contributed by atoms with Crippen LogP contribution in [0, 0.1) is 0 Å². The maximum absolute atomic E-state index is 11.8. The Hall–Kier alpha value is -1.95. The molecule has 0 saturated heterocycles. The van der Waals surface area contributed by atoms with E-state index in [0.717, 1.165) is 0 Å². The molecule has 0 saturated carbocycles. The summed E-state index contributed by atoms with van der Waals surface area (Å²) >= 11 is 1.38. The monoisotopic (exact) mass is 249 g/mol. The highest BCUT2D eigenvalue weighted by molar-refractivity contribution is 7.07. The summed E-state index contributed by atoms with van der Waals surface area (Å²) in [5.41, 5.74) is 0.808. The lowest BCUT2D eigenvalue weighted by Crippen LogP contribution is -2.12. The van der Waals surface area contributed by atoms with Crippen LogP contribution in [0.25, 0.3) is 0 Å². The number of Topliss-reactive ketones (excluding diaryl/α,β-unsaturated/α-hetero) is 1. The van der Waals surface area contributed by atoms with Gasteiger partial charge in [-0.3, -0.25) is 9.59 Å². The average Bonchev–Trinajstić information content (AvgIpc) is 2.88. The summed E-state index contributed by atoms with van der Waals surface area (Å²) in [5, 5.41) is 1.85. The first-order chi connectivity index (χ1) is 8.08. The summed E-state index contributed by atoms with van der Waals surface area (Å²) in [4.78, 5) is 30.2. The van der Waals surface area contributed by atoms with Gasteiger partial charge in [0.2, 0.25) is 0 Å². The van der Waals surface area contributed by atoms with Crippen LogP contribution in [-0.4, -0.2) is 21.2 Å². The van der Waals surface area contributed by atoms with E-state index in [0.29, 0.717) is 16.1 Å². The molecule has 5 nitrogen and oxygen atoms in total. The molecule has 2 aromatic rings. The third-order valence-corrected chi connectivity index (χ3v) is 3.12. The number of rotatable bonds is 2. The van der Waals surface area contributed by atoms with Crippen LogP contribution in [-0.2, 0) is 7.05 Å². The standard InChI is InChI=1S/C11H11N3O2S/c1-7(15)8-5-9(12-6-8)10(16)13-11-14(2)3-4-17-11/h3-6,12H,1-2H3. The van der Waals surface area contributed by atoms with Gasteiger partial charge in [-0.1, -0.05) is 0 Å². The molecule has 6 heteroatoms. The zero-order valence-corrected chi connectivity index (χ0v) is 10.2. The number of amides is 1. The molecule has 2 heterocycles. The van der Waals surface area contributed by atoms with Crippen molar-refractivity contribution < 1.29 is 9.59 Å². The van der Waals surface area contributed by atoms with Crippen molar-refractivity contribution >= 4 is 23.0 Å². The van der Waals surface area contributed by atoms with Crippen molar-refractivity contribution in [1.29, 1.82) is 0 Å². The number of ketones is 1. The van der Waals surface area contributed by atoms with E-state index in [9.17, 15) is 9.59 Å². The average molecular weight is 249 g/mol. The molecule has 0 aliphatic carbocycles. The highest BCUT2D eigenvalue weighted by atomic mass is 32.1. The quantitative estimate of drug-likeness (QED) is 0.816. The largest absolute Gasteiger partial charge is 0.356 e. The number of H-pyrrole nitrogens is 1. The molecule has 0 atom stereocenters. The number of aryl methyl sites for hydroxylation is 1. The minimum Gasteiger partial charge on any atom is -0.356 e. The van der Waals surface area contributed by atoms with E-state index in [1.807, 2.05) is 18.6 Å². The number of nitrogens with one attached hydrogen (secondary N) is 1. The van der Waals surface area contributed by atoms with Crippen molar-refractivity contribution in [2.24, 2.45) is 12.0 Å². The second-order valence-electron chi connectivity index (χ2n) is 3.57. The maximum atomic E-state index is 11.8. The molecule has 17 heavy (non-hydrogen) atoms. The fraction of sp³-hybridized carbons (Fsp3) is 0.182. The molecule has 2 rings (SSSR count). The van der Waals surface area contributed by atoms with E-state index < -0.39 is 0 Å². The van der Waals surface area contributed by atoms with Gasteiger partial charge in [-0.05, 0) is 13.0 Å². The summed E-state index contributed by atoms with van der Waals surface area (Å²) in [7, 11) is 1.82. The van der Waals surface area contributed by atoms with Crippen LogP contribution in [0.3, 0.4) is 0 Å². The first-order valence-electron chi connectivity index (χ1n) is 4.96.